The highest BCUT2D eigenvalue weighted by Crippen LogP contribution is 2.28. The second-order valence-electron chi connectivity index (χ2n) is 4.07. The summed E-state index contributed by atoms with van der Waals surface area (Å²) in [5, 5.41) is 0. The topological polar surface area (TPSA) is 34.1 Å². The van der Waals surface area contributed by atoms with Crippen LogP contribution in [0, 0.1) is 18.6 Å². The zero-order valence-corrected chi connectivity index (χ0v) is 11.4. The molecule has 0 saturated carbocycles. The fraction of sp³-hybridized carbons (Fsp3) is 0.0769. The van der Waals surface area contributed by atoms with Gasteiger partial charge in [-0.2, -0.15) is 0 Å². The molecular weight excluding hydrogens is 294 g/mol. The van der Waals surface area contributed by atoms with E-state index in [0.717, 1.165) is 18.2 Å². The molecule has 2 rings (SSSR count). The van der Waals surface area contributed by atoms with Gasteiger partial charge in [0.15, 0.2) is 0 Å². The summed E-state index contributed by atoms with van der Waals surface area (Å²) in [5.41, 5.74) is 1.37. The summed E-state index contributed by atoms with van der Waals surface area (Å²) in [6, 6.07) is 7.20. The van der Waals surface area contributed by atoms with E-state index in [1.807, 2.05) is 0 Å². The highest BCUT2D eigenvalue weighted by molar-refractivity contribution is 8.13. The van der Waals surface area contributed by atoms with Gasteiger partial charge in [-0.05, 0) is 47.9 Å². The van der Waals surface area contributed by atoms with Crippen molar-refractivity contribution >= 4 is 19.7 Å². The zero-order chi connectivity index (χ0) is 14.2. The fourth-order valence-corrected chi connectivity index (χ4v) is 2.55. The molecule has 2 aromatic carbocycles. The molecule has 19 heavy (non-hydrogen) atoms. The molecule has 0 bridgehead atoms. The molecule has 2 aromatic rings. The standard InChI is InChI=1S/C13H9ClF2O2S/c1-8-2-3-12(19(14,17)18)7-13(8)9-4-10(15)6-11(16)5-9/h2-7H,1H3. The van der Waals surface area contributed by atoms with Gasteiger partial charge in [-0.3, -0.25) is 0 Å². The highest BCUT2D eigenvalue weighted by atomic mass is 35.7. The quantitative estimate of drug-likeness (QED) is 0.789. The van der Waals surface area contributed by atoms with Gasteiger partial charge < -0.3 is 0 Å². The first-order valence-corrected chi connectivity index (χ1v) is 7.60. The van der Waals surface area contributed by atoms with Crippen LogP contribution in [0.5, 0.6) is 0 Å². The highest BCUT2D eigenvalue weighted by Gasteiger charge is 2.13. The van der Waals surface area contributed by atoms with Gasteiger partial charge in [0, 0.05) is 16.7 Å². The summed E-state index contributed by atoms with van der Waals surface area (Å²) in [6.07, 6.45) is 0. The summed E-state index contributed by atoms with van der Waals surface area (Å²) in [4.78, 5) is -0.112. The summed E-state index contributed by atoms with van der Waals surface area (Å²) < 4.78 is 48.9. The third-order valence-electron chi connectivity index (χ3n) is 2.66. The number of halogens is 3. The van der Waals surface area contributed by atoms with E-state index in [1.165, 1.54) is 18.2 Å². The molecule has 0 unspecified atom stereocenters. The van der Waals surface area contributed by atoms with E-state index < -0.39 is 20.7 Å². The molecule has 0 heterocycles. The Labute approximate surface area is 114 Å². The maximum Gasteiger partial charge on any atom is 0.261 e. The van der Waals surface area contributed by atoms with Crippen molar-refractivity contribution in [2.24, 2.45) is 0 Å². The number of hydrogen-bond acceptors (Lipinski definition) is 2. The normalized spacial score (nSPS) is 11.6. The van der Waals surface area contributed by atoms with Crippen molar-refractivity contribution in [1.82, 2.24) is 0 Å². The first kappa shape index (κ1) is 14.0. The van der Waals surface area contributed by atoms with Gasteiger partial charge in [-0.15, -0.1) is 0 Å². The van der Waals surface area contributed by atoms with E-state index in [-0.39, 0.29) is 10.5 Å². The maximum atomic E-state index is 13.2. The minimum Gasteiger partial charge on any atom is -0.207 e. The van der Waals surface area contributed by atoms with Gasteiger partial charge in [0.1, 0.15) is 11.6 Å². The smallest absolute Gasteiger partial charge is 0.207 e. The Balaban J connectivity index is 2.68. The summed E-state index contributed by atoms with van der Waals surface area (Å²) in [7, 11) is 1.37. The molecule has 0 N–H and O–H groups in total. The monoisotopic (exact) mass is 302 g/mol. The van der Waals surface area contributed by atoms with Crippen molar-refractivity contribution in [3.8, 4) is 11.1 Å². The molecule has 0 aromatic heterocycles. The van der Waals surface area contributed by atoms with E-state index >= 15 is 0 Å². The van der Waals surface area contributed by atoms with Gasteiger partial charge in [0.2, 0.25) is 0 Å². The van der Waals surface area contributed by atoms with Crippen LogP contribution in [0.15, 0.2) is 41.3 Å². The molecule has 0 radical (unpaired) electrons. The molecular formula is C13H9ClF2O2S. The van der Waals surface area contributed by atoms with Crippen molar-refractivity contribution < 1.29 is 17.2 Å². The molecule has 0 aliphatic heterocycles. The first-order chi connectivity index (χ1) is 8.77. The van der Waals surface area contributed by atoms with Crippen LogP contribution in [0.1, 0.15) is 5.56 Å². The molecule has 0 atom stereocenters. The lowest BCUT2D eigenvalue weighted by atomic mass is 10.0. The minimum absolute atomic E-state index is 0.112. The van der Waals surface area contributed by atoms with Gasteiger partial charge >= 0.3 is 0 Å². The van der Waals surface area contributed by atoms with Crippen molar-refractivity contribution in [1.29, 1.82) is 0 Å². The Bertz CT molecular complexity index is 722. The number of aryl methyl sites for hydroxylation is 1. The van der Waals surface area contributed by atoms with Gasteiger partial charge in [0.05, 0.1) is 4.90 Å². The van der Waals surface area contributed by atoms with E-state index in [1.54, 1.807) is 6.92 Å². The SMILES string of the molecule is Cc1ccc(S(=O)(=O)Cl)cc1-c1cc(F)cc(F)c1. The molecule has 0 amide bonds. The van der Waals surface area contributed by atoms with Gasteiger partial charge in [0.25, 0.3) is 9.05 Å². The van der Waals surface area contributed by atoms with Crippen LogP contribution in [-0.4, -0.2) is 8.42 Å². The first-order valence-electron chi connectivity index (χ1n) is 5.29. The molecule has 0 saturated heterocycles. The van der Waals surface area contributed by atoms with Crippen LogP contribution in [-0.2, 0) is 9.05 Å². The lowest BCUT2D eigenvalue weighted by Gasteiger charge is -2.08. The fourth-order valence-electron chi connectivity index (χ4n) is 1.77. The van der Waals surface area contributed by atoms with Crippen LogP contribution in [0.25, 0.3) is 11.1 Å². The van der Waals surface area contributed by atoms with Crippen LogP contribution in [0.4, 0.5) is 8.78 Å². The summed E-state index contributed by atoms with van der Waals surface area (Å²) >= 11 is 0. The molecule has 6 heteroatoms. The Morgan fingerprint density at radius 2 is 1.58 bits per heavy atom. The lowest BCUT2D eigenvalue weighted by Crippen LogP contribution is -1.94. The van der Waals surface area contributed by atoms with Crippen molar-refractivity contribution in [2.75, 3.05) is 0 Å². The Kier molecular flexibility index (Phi) is 3.60. The third-order valence-corrected chi connectivity index (χ3v) is 4.02. The number of benzene rings is 2. The predicted octanol–water partition coefficient (Wildman–Crippen LogP) is 3.87. The Morgan fingerprint density at radius 3 is 2.11 bits per heavy atom. The van der Waals surface area contributed by atoms with Gasteiger partial charge in [-0.25, -0.2) is 17.2 Å². The molecule has 0 aliphatic rings. The lowest BCUT2D eigenvalue weighted by molar-refractivity contribution is 0.584. The number of rotatable bonds is 2. The van der Waals surface area contributed by atoms with E-state index in [2.05, 4.69) is 0 Å². The van der Waals surface area contributed by atoms with Crippen LogP contribution >= 0.6 is 10.7 Å². The van der Waals surface area contributed by atoms with E-state index in [9.17, 15) is 17.2 Å². The summed E-state index contributed by atoms with van der Waals surface area (Å²) in [6.45, 7) is 1.71. The van der Waals surface area contributed by atoms with Crippen LogP contribution in [0.2, 0.25) is 0 Å². The van der Waals surface area contributed by atoms with Gasteiger partial charge in [-0.1, -0.05) is 6.07 Å². The average Bonchev–Trinajstić information content (AvgIpc) is 2.26. The second-order valence-corrected chi connectivity index (χ2v) is 6.64. The average molecular weight is 303 g/mol. The summed E-state index contributed by atoms with van der Waals surface area (Å²) in [5.74, 6) is -1.46. The molecule has 100 valence electrons. The van der Waals surface area contributed by atoms with Crippen LogP contribution in [0.3, 0.4) is 0 Å². The van der Waals surface area contributed by atoms with Crippen molar-refractivity contribution in [3.63, 3.8) is 0 Å². The molecule has 2 nitrogen and oxygen atoms in total. The zero-order valence-electron chi connectivity index (χ0n) is 9.82. The maximum absolute atomic E-state index is 13.2. The third kappa shape index (κ3) is 3.11. The Morgan fingerprint density at radius 1 is 1.00 bits per heavy atom. The predicted molar refractivity (Wildman–Crippen MR) is 69.6 cm³/mol. The van der Waals surface area contributed by atoms with Crippen molar-refractivity contribution in [3.05, 3.63) is 53.6 Å². The Hall–Kier alpha value is -1.46. The van der Waals surface area contributed by atoms with Crippen LogP contribution < -0.4 is 0 Å². The largest absolute Gasteiger partial charge is 0.261 e. The van der Waals surface area contributed by atoms with Crippen molar-refractivity contribution in [2.45, 2.75) is 11.8 Å². The minimum atomic E-state index is -3.89. The molecule has 0 aliphatic carbocycles. The molecule has 0 fully saturated rings. The molecule has 0 spiro atoms. The second kappa shape index (κ2) is 4.90. The number of hydrogen-bond donors (Lipinski definition) is 0. The van der Waals surface area contributed by atoms with E-state index in [0.29, 0.717) is 11.1 Å². The van der Waals surface area contributed by atoms with E-state index in [4.69, 9.17) is 10.7 Å².